The number of nitrogens with one attached hydrogen (secondary N) is 1. The predicted octanol–water partition coefficient (Wildman–Crippen LogP) is 0.322. The normalized spacial score (nSPS) is 24.7. The first-order valence-electron chi connectivity index (χ1n) is 5.30. The molecule has 1 fully saturated rings. The molecule has 1 saturated heterocycles. The molecule has 6 heteroatoms. The maximum Gasteiger partial charge on any atom is 0.332 e. The SMILES string of the molecule is CC(C)CONC(=O)[C@@H]1CC[C@H](C(=O)O)O1. The maximum atomic E-state index is 11.4. The van der Waals surface area contributed by atoms with Gasteiger partial charge < -0.3 is 9.84 Å². The molecular weight excluding hydrogens is 214 g/mol. The average Bonchev–Trinajstić information content (AvgIpc) is 2.65. The molecule has 0 radical (unpaired) electrons. The Labute approximate surface area is 93.9 Å². The zero-order chi connectivity index (χ0) is 12.1. The first kappa shape index (κ1) is 12.9. The second-order valence-corrected chi connectivity index (χ2v) is 4.20. The zero-order valence-corrected chi connectivity index (χ0v) is 9.43. The third-order valence-electron chi connectivity index (χ3n) is 2.18. The Morgan fingerprint density at radius 3 is 2.56 bits per heavy atom. The van der Waals surface area contributed by atoms with E-state index in [4.69, 9.17) is 14.7 Å². The highest BCUT2D eigenvalue weighted by Crippen LogP contribution is 2.19. The fraction of sp³-hybridized carbons (Fsp3) is 0.800. The summed E-state index contributed by atoms with van der Waals surface area (Å²) in [7, 11) is 0. The number of aliphatic carboxylic acids is 1. The third-order valence-corrected chi connectivity index (χ3v) is 2.18. The summed E-state index contributed by atoms with van der Waals surface area (Å²) in [4.78, 5) is 27.0. The van der Waals surface area contributed by atoms with Gasteiger partial charge in [0.05, 0.1) is 6.61 Å². The van der Waals surface area contributed by atoms with Crippen LogP contribution in [0.1, 0.15) is 26.7 Å². The van der Waals surface area contributed by atoms with Crippen molar-refractivity contribution < 1.29 is 24.3 Å². The molecular formula is C10H17NO5. The molecule has 92 valence electrons. The minimum Gasteiger partial charge on any atom is -0.479 e. The highest BCUT2D eigenvalue weighted by Gasteiger charge is 2.34. The van der Waals surface area contributed by atoms with Crippen molar-refractivity contribution in [3.63, 3.8) is 0 Å². The van der Waals surface area contributed by atoms with E-state index in [1.807, 2.05) is 13.8 Å². The number of carbonyl (C=O) groups is 2. The van der Waals surface area contributed by atoms with E-state index in [0.717, 1.165) is 0 Å². The zero-order valence-electron chi connectivity index (χ0n) is 9.43. The van der Waals surface area contributed by atoms with E-state index in [-0.39, 0.29) is 0 Å². The van der Waals surface area contributed by atoms with Gasteiger partial charge in [-0.15, -0.1) is 0 Å². The molecule has 0 aromatic rings. The minimum absolute atomic E-state index is 0.316. The third kappa shape index (κ3) is 3.79. The van der Waals surface area contributed by atoms with Crippen LogP contribution in [0.3, 0.4) is 0 Å². The second kappa shape index (κ2) is 5.81. The van der Waals surface area contributed by atoms with Crippen LogP contribution < -0.4 is 5.48 Å². The lowest BCUT2D eigenvalue weighted by Crippen LogP contribution is -2.36. The van der Waals surface area contributed by atoms with Crippen LogP contribution in [0.15, 0.2) is 0 Å². The molecule has 0 aromatic heterocycles. The molecule has 0 saturated carbocycles. The Morgan fingerprint density at radius 1 is 1.44 bits per heavy atom. The summed E-state index contributed by atoms with van der Waals surface area (Å²) >= 11 is 0. The van der Waals surface area contributed by atoms with E-state index in [1.54, 1.807) is 0 Å². The molecule has 1 heterocycles. The van der Waals surface area contributed by atoms with Crippen molar-refractivity contribution in [2.45, 2.75) is 38.9 Å². The van der Waals surface area contributed by atoms with Crippen LogP contribution in [0.2, 0.25) is 0 Å². The molecule has 0 bridgehead atoms. The van der Waals surface area contributed by atoms with E-state index >= 15 is 0 Å². The van der Waals surface area contributed by atoms with Crippen molar-refractivity contribution >= 4 is 11.9 Å². The summed E-state index contributed by atoms with van der Waals surface area (Å²) in [6.45, 7) is 4.33. The number of rotatable bonds is 5. The lowest BCUT2D eigenvalue weighted by molar-refractivity contribution is -0.155. The van der Waals surface area contributed by atoms with Crippen LogP contribution in [0.25, 0.3) is 0 Å². The fourth-order valence-electron chi connectivity index (χ4n) is 1.36. The number of hydrogen-bond acceptors (Lipinski definition) is 4. The Bertz CT molecular complexity index is 266. The summed E-state index contributed by atoms with van der Waals surface area (Å²) in [5, 5.41) is 8.67. The van der Waals surface area contributed by atoms with Crippen molar-refractivity contribution in [2.24, 2.45) is 5.92 Å². The molecule has 0 aromatic carbocycles. The van der Waals surface area contributed by atoms with Crippen molar-refractivity contribution in [3.8, 4) is 0 Å². The lowest BCUT2D eigenvalue weighted by Gasteiger charge is -2.12. The van der Waals surface area contributed by atoms with Crippen LogP contribution >= 0.6 is 0 Å². The van der Waals surface area contributed by atoms with Crippen molar-refractivity contribution in [3.05, 3.63) is 0 Å². The van der Waals surface area contributed by atoms with Gasteiger partial charge in [0.15, 0.2) is 6.10 Å². The fourth-order valence-corrected chi connectivity index (χ4v) is 1.36. The van der Waals surface area contributed by atoms with Crippen LogP contribution in [0.5, 0.6) is 0 Å². The van der Waals surface area contributed by atoms with Crippen LogP contribution in [0.4, 0.5) is 0 Å². The number of amides is 1. The first-order chi connectivity index (χ1) is 7.50. The Hall–Kier alpha value is -1.14. The predicted molar refractivity (Wildman–Crippen MR) is 54.5 cm³/mol. The van der Waals surface area contributed by atoms with E-state index in [1.165, 1.54) is 0 Å². The summed E-state index contributed by atoms with van der Waals surface area (Å²) in [6.07, 6.45) is -0.820. The summed E-state index contributed by atoms with van der Waals surface area (Å²) in [6, 6.07) is 0. The van der Waals surface area contributed by atoms with E-state index < -0.39 is 24.1 Å². The van der Waals surface area contributed by atoms with Gasteiger partial charge >= 0.3 is 5.97 Å². The molecule has 0 spiro atoms. The molecule has 2 N–H and O–H groups in total. The largest absolute Gasteiger partial charge is 0.479 e. The summed E-state index contributed by atoms with van der Waals surface area (Å²) < 4.78 is 5.05. The lowest BCUT2D eigenvalue weighted by atomic mass is 10.2. The number of carboxylic acids is 1. The Kier molecular flexibility index (Phi) is 4.70. The van der Waals surface area contributed by atoms with Gasteiger partial charge in [0.25, 0.3) is 5.91 Å². The second-order valence-electron chi connectivity index (χ2n) is 4.20. The number of carbonyl (C=O) groups excluding carboxylic acids is 1. The number of carboxylic acid groups (broad SMARTS) is 1. The van der Waals surface area contributed by atoms with Gasteiger partial charge in [0, 0.05) is 0 Å². The number of ether oxygens (including phenoxy) is 1. The molecule has 1 aliphatic rings. The van der Waals surface area contributed by atoms with Crippen molar-refractivity contribution in [2.75, 3.05) is 6.61 Å². The molecule has 1 aliphatic heterocycles. The molecule has 6 nitrogen and oxygen atoms in total. The average molecular weight is 231 g/mol. The Morgan fingerprint density at radius 2 is 2.06 bits per heavy atom. The van der Waals surface area contributed by atoms with Crippen molar-refractivity contribution in [1.82, 2.24) is 5.48 Å². The van der Waals surface area contributed by atoms with Crippen LogP contribution in [-0.4, -0.2) is 35.8 Å². The van der Waals surface area contributed by atoms with Gasteiger partial charge in [0.2, 0.25) is 0 Å². The topological polar surface area (TPSA) is 84.9 Å². The van der Waals surface area contributed by atoms with Gasteiger partial charge in [-0.1, -0.05) is 13.8 Å². The van der Waals surface area contributed by atoms with Crippen LogP contribution in [0, 0.1) is 5.92 Å². The first-order valence-corrected chi connectivity index (χ1v) is 5.30. The quantitative estimate of drug-likeness (QED) is 0.666. The van der Waals surface area contributed by atoms with Gasteiger partial charge in [-0.3, -0.25) is 9.63 Å². The number of hydroxylamine groups is 1. The molecule has 0 unspecified atom stereocenters. The van der Waals surface area contributed by atoms with Gasteiger partial charge in [-0.05, 0) is 18.8 Å². The van der Waals surface area contributed by atoms with Gasteiger partial charge in [-0.2, -0.15) is 0 Å². The van der Waals surface area contributed by atoms with E-state index in [2.05, 4.69) is 5.48 Å². The van der Waals surface area contributed by atoms with E-state index in [9.17, 15) is 9.59 Å². The molecule has 2 atom stereocenters. The monoisotopic (exact) mass is 231 g/mol. The molecule has 1 rings (SSSR count). The highest BCUT2D eigenvalue weighted by molar-refractivity contribution is 5.81. The molecule has 1 amide bonds. The minimum atomic E-state index is -1.03. The van der Waals surface area contributed by atoms with Gasteiger partial charge in [0.1, 0.15) is 6.10 Å². The summed E-state index contributed by atoms with van der Waals surface area (Å²) in [5.41, 5.74) is 2.26. The summed E-state index contributed by atoms with van der Waals surface area (Å²) in [5.74, 6) is -1.13. The molecule has 0 aliphatic carbocycles. The number of hydrogen-bond donors (Lipinski definition) is 2. The molecule has 16 heavy (non-hydrogen) atoms. The Balaban J connectivity index is 2.26. The standard InChI is InChI=1S/C10H17NO5/c1-6(2)5-15-11-9(12)7-3-4-8(16-7)10(13)14/h6-8H,3-5H2,1-2H3,(H,11,12)(H,13,14)/t7-,8+/m0/s1. The van der Waals surface area contributed by atoms with Crippen molar-refractivity contribution in [1.29, 1.82) is 0 Å². The van der Waals surface area contributed by atoms with Gasteiger partial charge in [-0.25, -0.2) is 10.3 Å². The maximum absolute atomic E-state index is 11.4. The highest BCUT2D eigenvalue weighted by atomic mass is 16.7. The van der Waals surface area contributed by atoms with Crippen LogP contribution in [-0.2, 0) is 19.2 Å². The van der Waals surface area contributed by atoms with E-state index in [0.29, 0.717) is 25.4 Å². The smallest absolute Gasteiger partial charge is 0.332 e.